The van der Waals surface area contributed by atoms with Gasteiger partial charge < -0.3 is 35.4 Å². The minimum atomic E-state index is -1.48. The second-order valence-corrected chi connectivity index (χ2v) is 6.26. The van der Waals surface area contributed by atoms with Crippen LogP contribution in [0.2, 0.25) is 0 Å². The Bertz CT molecular complexity index is 1140. The topological polar surface area (TPSA) is 199 Å². The third-order valence-corrected chi connectivity index (χ3v) is 3.97. The van der Waals surface area contributed by atoms with Gasteiger partial charge in [0.2, 0.25) is 0 Å². The summed E-state index contributed by atoms with van der Waals surface area (Å²) in [5.41, 5.74) is -1.89. The Kier molecular flexibility index (Phi) is 7.56. The zero-order valence-electron chi connectivity index (χ0n) is 16.5. The zero-order chi connectivity index (χ0) is 24.7. The summed E-state index contributed by atoms with van der Waals surface area (Å²) in [6.45, 7) is 0. The molecule has 0 saturated carbocycles. The Labute approximate surface area is 185 Å². The van der Waals surface area contributed by atoms with Gasteiger partial charge in [0.15, 0.2) is 0 Å². The molecule has 3 rings (SSSR count). The van der Waals surface area contributed by atoms with Crippen LogP contribution >= 0.6 is 0 Å². The predicted octanol–water partition coefficient (Wildman–Crippen LogP) is 3.37. The summed E-state index contributed by atoms with van der Waals surface area (Å²) in [6.07, 6.45) is 0. The fourth-order valence-electron chi connectivity index (χ4n) is 2.53. The highest BCUT2D eigenvalue weighted by atomic mass is 16.5. The maximum atomic E-state index is 11.1. The van der Waals surface area contributed by atoms with E-state index in [1.807, 2.05) is 0 Å². The number of rotatable bonds is 6. The van der Waals surface area contributed by atoms with Crippen molar-refractivity contribution in [2.45, 2.75) is 0 Å². The minimum Gasteiger partial charge on any atom is -0.508 e. The number of phenolic OH excluding ortho intramolecular Hbond substituents is 2. The molecule has 0 bridgehead atoms. The maximum Gasteiger partial charge on any atom is 0.336 e. The summed E-state index contributed by atoms with van der Waals surface area (Å²) in [5, 5.41) is 53.3. The lowest BCUT2D eigenvalue weighted by molar-refractivity contribution is 0.0651. The number of aromatic hydroxyl groups is 2. The van der Waals surface area contributed by atoms with Crippen molar-refractivity contribution >= 4 is 23.9 Å². The van der Waals surface area contributed by atoms with Crippen LogP contribution in [-0.2, 0) is 0 Å². The van der Waals surface area contributed by atoms with E-state index in [1.165, 1.54) is 30.3 Å². The van der Waals surface area contributed by atoms with Gasteiger partial charge in [0.05, 0.1) is 22.3 Å². The molecule has 0 radical (unpaired) electrons. The normalized spacial score (nSPS) is 9.82. The lowest BCUT2D eigenvalue weighted by Crippen LogP contribution is -2.09. The highest BCUT2D eigenvalue weighted by Gasteiger charge is 2.19. The molecule has 6 N–H and O–H groups in total. The molecule has 0 unspecified atom stereocenters. The molecule has 170 valence electrons. The first-order chi connectivity index (χ1) is 15.5. The van der Waals surface area contributed by atoms with E-state index in [0.717, 1.165) is 24.3 Å². The van der Waals surface area contributed by atoms with Gasteiger partial charge in [0.1, 0.15) is 23.0 Å². The van der Waals surface area contributed by atoms with Crippen molar-refractivity contribution in [3.8, 4) is 23.0 Å². The Balaban J connectivity index is 0.000000405. The van der Waals surface area contributed by atoms with Crippen LogP contribution < -0.4 is 4.74 Å². The van der Waals surface area contributed by atoms with Gasteiger partial charge in [-0.1, -0.05) is 6.07 Å². The third-order valence-electron chi connectivity index (χ3n) is 3.97. The highest BCUT2D eigenvalue weighted by molar-refractivity contribution is 6.02. The van der Waals surface area contributed by atoms with Crippen molar-refractivity contribution in [2.24, 2.45) is 0 Å². The second kappa shape index (κ2) is 10.3. The molecule has 11 nitrogen and oxygen atoms in total. The number of carboxylic acid groups (broad SMARTS) is 4. The van der Waals surface area contributed by atoms with E-state index >= 15 is 0 Å². The second-order valence-electron chi connectivity index (χ2n) is 6.26. The number of phenols is 2. The average molecular weight is 456 g/mol. The van der Waals surface area contributed by atoms with Crippen molar-refractivity contribution in [3.63, 3.8) is 0 Å². The summed E-state index contributed by atoms with van der Waals surface area (Å²) in [6, 6.07) is 12.2. The summed E-state index contributed by atoms with van der Waals surface area (Å²) < 4.78 is 5.32. The van der Waals surface area contributed by atoms with Crippen LogP contribution in [0.5, 0.6) is 23.0 Å². The first kappa shape index (κ1) is 24.2. The summed E-state index contributed by atoms with van der Waals surface area (Å²) in [7, 11) is 0. The maximum absolute atomic E-state index is 11.1. The summed E-state index contributed by atoms with van der Waals surface area (Å²) >= 11 is 0. The third kappa shape index (κ3) is 6.46. The molecule has 33 heavy (non-hydrogen) atoms. The standard InChI is InChI=1S/C16H10O9.C6H6O2/c17-13(18)9-3-1-7(5-11(9)15(21)22)25-8-2-4-10(14(19)20)12(6-8)16(23)24;7-5-2-1-3-6(8)4-5/h1-6H,(H,17,18)(H,19,20)(H,21,22)(H,23,24);1-4,7-8H. The molecular weight excluding hydrogens is 440 g/mol. The summed E-state index contributed by atoms with van der Waals surface area (Å²) in [4.78, 5) is 44.2. The Hall–Kier alpha value is -5.06. The van der Waals surface area contributed by atoms with Crippen LogP contribution in [-0.4, -0.2) is 54.5 Å². The van der Waals surface area contributed by atoms with E-state index in [9.17, 15) is 19.2 Å². The molecule has 0 aromatic heterocycles. The monoisotopic (exact) mass is 456 g/mol. The molecule has 3 aromatic rings. The van der Waals surface area contributed by atoms with Crippen LogP contribution in [0.15, 0.2) is 60.7 Å². The number of benzene rings is 3. The largest absolute Gasteiger partial charge is 0.508 e. The molecule has 0 atom stereocenters. The number of carbonyl (C=O) groups is 4. The van der Waals surface area contributed by atoms with Crippen LogP contribution in [0.4, 0.5) is 0 Å². The van der Waals surface area contributed by atoms with Gasteiger partial charge in [-0.2, -0.15) is 0 Å². The van der Waals surface area contributed by atoms with Gasteiger partial charge in [-0.05, 0) is 48.5 Å². The zero-order valence-corrected chi connectivity index (χ0v) is 16.5. The Morgan fingerprint density at radius 3 is 1.15 bits per heavy atom. The van der Waals surface area contributed by atoms with Crippen LogP contribution in [0.25, 0.3) is 0 Å². The summed E-state index contributed by atoms with van der Waals surface area (Å²) in [5.74, 6) is -5.74. The lowest BCUT2D eigenvalue weighted by Gasteiger charge is -2.10. The number of aromatic carboxylic acids is 4. The quantitative estimate of drug-likeness (QED) is 0.318. The fourth-order valence-corrected chi connectivity index (χ4v) is 2.53. The fraction of sp³-hybridized carbons (Fsp3) is 0. The first-order valence-corrected chi connectivity index (χ1v) is 8.86. The number of hydrogen-bond acceptors (Lipinski definition) is 7. The number of ether oxygens (including phenoxy) is 1. The molecule has 11 heteroatoms. The van der Waals surface area contributed by atoms with E-state index < -0.39 is 46.1 Å². The van der Waals surface area contributed by atoms with Crippen molar-refractivity contribution < 1.29 is 54.6 Å². The van der Waals surface area contributed by atoms with Crippen molar-refractivity contribution in [3.05, 3.63) is 82.9 Å². The van der Waals surface area contributed by atoms with Gasteiger partial charge in [0.25, 0.3) is 0 Å². The van der Waals surface area contributed by atoms with Crippen molar-refractivity contribution in [1.82, 2.24) is 0 Å². The highest BCUT2D eigenvalue weighted by Crippen LogP contribution is 2.26. The van der Waals surface area contributed by atoms with E-state index in [0.29, 0.717) is 0 Å². The van der Waals surface area contributed by atoms with E-state index in [1.54, 1.807) is 6.07 Å². The molecule has 0 amide bonds. The van der Waals surface area contributed by atoms with Crippen molar-refractivity contribution in [1.29, 1.82) is 0 Å². The van der Waals surface area contributed by atoms with Gasteiger partial charge >= 0.3 is 23.9 Å². The number of carboxylic acids is 4. The van der Waals surface area contributed by atoms with E-state index in [4.69, 9.17) is 35.4 Å². The number of hydrogen-bond donors (Lipinski definition) is 6. The van der Waals surface area contributed by atoms with Crippen molar-refractivity contribution in [2.75, 3.05) is 0 Å². The average Bonchev–Trinajstić information content (AvgIpc) is 2.73. The first-order valence-electron chi connectivity index (χ1n) is 8.86. The molecule has 0 aliphatic heterocycles. The van der Waals surface area contributed by atoms with Gasteiger partial charge in [0, 0.05) is 6.07 Å². The molecule has 0 spiro atoms. The molecule has 0 aliphatic rings. The van der Waals surface area contributed by atoms with Gasteiger partial charge in [-0.15, -0.1) is 0 Å². The molecule has 0 fully saturated rings. The molecule has 0 aliphatic carbocycles. The van der Waals surface area contributed by atoms with Crippen LogP contribution in [0.3, 0.4) is 0 Å². The molecule has 0 heterocycles. The van der Waals surface area contributed by atoms with E-state index in [-0.39, 0.29) is 23.0 Å². The van der Waals surface area contributed by atoms with Gasteiger partial charge in [-0.3, -0.25) is 0 Å². The molecular formula is C22H16O11. The van der Waals surface area contributed by atoms with E-state index in [2.05, 4.69) is 0 Å². The minimum absolute atomic E-state index is 0.0539. The van der Waals surface area contributed by atoms with Crippen LogP contribution in [0.1, 0.15) is 41.4 Å². The molecule has 3 aromatic carbocycles. The Morgan fingerprint density at radius 1 is 0.515 bits per heavy atom. The smallest absolute Gasteiger partial charge is 0.336 e. The molecule has 0 saturated heterocycles. The SMILES string of the molecule is O=C(O)c1ccc(Oc2ccc(C(=O)O)c(C(=O)O)c2)cc1C(=O)O.Oc1cccc(O)c1. The van der Waals surface area contributed by atoms with Crippen LogP contribution in [0, 0.1) is 0 Å². The predicted molar refractivity (Wildman–Crippen MR) is 111 cm³/mol. The Morgan fingerprint density at radius 2 is 0.879 bits per heavy atom. The lowest BCUT2D eigenvalue weighted by atomic mass is 10.1. The van der Waals surface area contributed by atoms with Gasteiger partial charge in [-0.25, -0.2) is 19.2 Å².